The molecule has 1 aliphatic carbocycles. The van der Waals surface area contributed by atoms with Gasteiger partial charge < -0.3 is 0 Å². The molecule has 80 valence electrons. The summed E-state index contributed by atoms with van der Waals surface area (Å²) >= 11 is 3.32. The van der Waals surface area contributed by atoms with Gasteiger partial charge in [0.05, 0.1) is 6.07 Å². The molecule has 0 radical (unpaired) electrons. The number of thioether (sulfide) groups is 1. The van der Waals surface area contributed by atoms with E-state index in [1.54, 1.807) is 23.1 Å². The maximum absolute atomic E-state index is 8.94. The van der Waals surface area contributed by atoms with Crippen molar-refractivity contribution in [2.75, 3.05) is 5.75 Å². The molecule has 0 saturated heterocycles. The second-order valence-electron chi connectivity index (χ2n) is 3.69. The Hall–Kier alpha value is -0.570. The first-order valence-corrected chi connectivity index (χ1v) is 6.85. The maximum Gasteiger partial charge on any atom is 0.150 e. The standard InChI is InChI=1S/C10H13N3S2/c1-7-5-14-10(12-7)15-6-9(4-11)13-8-2-3-8/h5,8-9,13H,2-3,6H2,1H3. The van der Waals surface area contributed by atoms with Crippen LogP contribution >= 0.6 is 23.1 Å². The Morgan fingerprint density at radius 2 is 2.60 bits per heavy atom. The zero-order chi connectivity index (χ0) is 10.7. The molecule has 15 heavy (non-hydrogen) atoms. The lowest BCUT2D eigenvalue weighted by Crippen LogP contribution is -2.31. The monoisotopic (exact) mass is 239 g/mol. The SMILES string of the molecule is Cc1csc(SCC(C#N)NC2CC2)n1. The molecule has 0 aliphatic heterocycles. The highest BCUT2D eigenvalue weighted by Crippen LogP contribution is 2.24. The van der Waals surface area contributed by atoms with E-state index in [9.17, 15) is 0 Å². The predicted octanol–water partition coefficient (Wildman–Crippen LogP) is 2.19. The molecule has 1 unspecified atom stereocenters. The maximum atomic E-state index is 8.94. The van der Waals surface area contributed by atoms with E-state index in [0.717, 1.165) is 15.8 Å². The van der Waals surface area contributed by atoms with Gasteiger partial charge in [-0.25, -0.2) is 4.98 Å². The first-order valence-electron chi connectivity index (χ1n) is 4.98. The van der Waals surface area contributed by atoms with Crippen LogP contribution in [0, 0.1) is 18.3 Å². The Bertz CT molecular complexity index is 365. The highest BCUT2D eigenvalue weighted by atomic mass is 32.2. The molecular weight excluding hydrogens is 226 g/mol. The van der Waals surface area contributed by atoms with Gasteiger partial charge in [-0.05, 0) is 19.8 Å². The Morgan fingerprint density at radius 1 is 1.80 bits per heavy atom. The zero-order valence-electron chi connectivity index (χ0n) is 8.56. The molecular formula is C10H13N3S2. The van der Waals surface area contributed by atoms with Gasteiger partial charge in [-0.3, -0.25) is 5.32 Å². The van der Waals surface area contributed by atoms with Crippen molar-refractivity contribution in [2.24, 2.45) is 0 Å². The summed E-state index contributed by atoms with van der Waals surface area (Å²) in [7, 11) is 0. The van der Waals surface area contributed by atoms with E-state index in [-0.39, 0.29) is 6.04 Å². The summed E-state index contributed by atoms with van der Waals surface area (Å²) in [5.74, 6) is 0.792. The van der Waals surface area contributed by atoms with Gasteiger partial charge in [0, 0.05) is 22.9 Å². The van der Waals surface area contributed by atoms with Crippen molar-refractivity contribution in [2.45, 2.75) is 36.2 Å². The summed E-state index contributed by atoms with van der Waals surface area (Å²) in [6.45, 7) is 1.99. The lowest BCUT2D eigenvalue weighted by atomic mass is 10.4. The van der Waals surface area contributed by atoms with Crippen LogP contribution in [0.1, 0.15) is 18.5 Å². The van der Waals surface area contributed by atoms with Crippen LogP contribution in [-0.2, 0) is 0 Å². The third-order valence-corrected chi connectivity index (χ3v) is 4.37. The van der Waals surface area contributed by atoms with Crippen molar-refractivity contribution in [3.63, 3.8) is 0 Å². The molecule has 0 aromatic carbocycles. The molecule has 1 fully saturated rings. The van der Waals surface area contributed by atoms with Gasteiger partial charge in [-0.15, -0.1) is 11.3 Å². The molecule has 1 aliphatic rings. The van der Waals surface area contributed by atoms with Crippen LogP contribution in [0.4, 0.5) is 0 Å². The third-order valence-electron chi connectivity index (χ3n) is 2.14. The number of aryl methyl sites for hydroxylation is 1. The average molecular weight is 239 g/mol. The number of thiazole rings is 1. The minimum atomic E-state index is -0.0355. The fourth-order valence-electron chi connectivity index (χ4n) is 1.21. The number of aromatic nitrogens is 1. The molecule has 2 rings (SSSR count). The van der Waals surface area contributed by atoms with Crippen molar-refractivity contribution in [1.29, 1.82) is 5.26 Å². The first-order chi connectivity index (χ1) is 7.28. The minimum Gasteiger partial charge on any atom is -0.298 e. The van der Waals surface area contributed by atoms with Crippen molar-refractivity contribution < 1.29 is 0 Å². The van der Waals surface area contributed by atoms with Crippen LogP contribution in [0.2, 0.25) is 0 Å². The summed E-state index contributed by atoms with van der Waals surface area (Å²) in [5, 5.41) is 14.3. The average Bonchev–Trinajstić information content (AvgIpc) is 2.95. The van der Waals surface area contributed by atoms with E-state index < -0.39 is 0 Å². The normalized spacial score (nSPS) is 17.3. The minimum absolute atomic E-state index is 0.0355. The smallest absolute Gasteiger partial charge is 0.150 e. The van der Waals surface area contributed by atoms with Gasteiger partial charge in [-0.2, -0.15) is 5.26 Å². The summed E-state index contributed by atoms with van der Waals surface area (Å²) in [6, 6.07) is 2.85. The van der Waals surface area contributed by atoms with Crippen LogP contribution in [0.25, 0.3) is 0 Å². The van der Waals surface area contributed by atoms with Gasteiger partial charge in [-0.1, -0.05) is 11.8 Å². The zero-order valence-corrected chi connectivity index (χ0v) is 10.2. The Balaban J connectivity index is 1.77. The molecule has 1 heterocycles. The number of nitriles is 1. The number of hydrogen-bond donors (Lipinski definition) is 1. The topological polar surface area (TPSA) is 48.7 Å². The molecule has 0 amide bonds. The van der Waals surface area contributed by atoms with Crippen LogP contribution in [0.5, 0.6) is 0 Å². The van der Waals surface area contributed by atoms with Gasteiger partial charge in [0.25, 0.3) is 0 Å². The summed E-state index contributed by atoms with van der Waals surface area (Å²) in [5.41, 5.74) is 1.06. The summed E-state index contributed by atoms with van der Waals surface area (Å²) < 4.78 is 1.06. The molecule has 0 bridgehead atoms. The molecule has 1 atom stereocenters. The Labute approximate surface area is 97.9 Å². The van der Waals surface area contributed by atoms with E-state index in [1.165, 1.54) is 12.8 Å². The van der Waals surface area contributed by atoms with Crippen molar-refractivity contribution in [1.82, 2.24) is 10.3 Å². The number of nitrogens with zero attached hydrogens (tertiary/aromatic N) is 2. The van der Waals surface area contributed by atoms with Gasteiger partial charge in [0.1, 0.15) is 10.4 Å². The number of rotatable bonds is 5. The lowest BCUT2D eigenvalue weighted by Gasteiger charge is -2.08. The van der Waals surface area contributed by atoms with Crippen LogP contribution < -0.4 is 5.32 Å². The van der Waals surface area contributed by atoms with Crippen molar-refractivity contribution >= 4 is 23.1 Å². The highest BCUT2D eigenvalue weighted by molar-refractivity contribution is 8.01. The third kappa shape index (κ3) is 3.49. The molecule has 1 saturated carbocycles. The number of nitrogens with one attached hydrogen (secondary N) is 1. The van der Waals surface area contributed by atoms with E-state index in [2.05, 4.69) is 16.4 Å². The molecule has 5 heteroatoms. The van der Waals surface area contributed by atoms with Gasteiger partial charge >= 0.3 is 0 Å². The second-order valence-corrected chi connectivity index (χ2v) is 5.81. The summed E-state index contributed by atoms with van der Waals surface area (Å²) in [6.07, 6.45) is 2.44. The van der Waals surface area contributed by atoms with Gasteiger partial charge in [0.2, 0.25) is 0 Å². The molecule has 1 aromatic rings. The molecule has 1 aromatic heterocycles. The van der Waals surface area contributed by atoms with E-state index >= 15 is 0 Å². The summed E-state index contributed by atoms with van der Waals surface area (Å²) in [4.78, 5) is 4.36. The number of hydrogen-bond acceptors (Lipinski definition) is 5. The molecule has 0 spiro atoms. The van der Waals surface area contributed by atoms with E-state index in [4.69, 9.17) is 5.26 Å². The van der Waals surface area contributed by atoms with E-state index in [0.29, 0.717) is 6.04 Å². The largest absolute Gasteiger partial charge is 0.298 e. The Kier molecular flexibility index (Phi) is 3.62. The van der Waals surface area contributed by atoms with Crippen molar-refractivity contribution in [3.05, 3.63) is 11.1 Å². The predicted molar refractivity (Wildman–Crippen MR) is 63.1 cm³/mol. The van der Waals surface area contributed by atoms with Crippen LogP contribution in [-0.4, -0.2) is 22.8 Å². The highest BCUT2D eigenvalue weighted by Gasteiger charge is 2.24. The Morgan fingerprint density at radius 3 is 3.13 bits per heavy atom. The molecule has 1 N–H and O–H groups in total. The quantitative estimate of drug-likeness (QED) is 0.800. The van der Waals surface area contributed by atoms with Crippen molar-refractivity contribution in [3.8, 4) is 6.07 Å². The fraction of sp³-hybridized carbons (Fsp3) is 0.600. The van der Waals surface area contributed by atoms with Crippen LogP contribution in [0.15, 0.2) is 9.72 Å². The van der Waals surface area contributed by atoms with Crippen LogP contribution in [0.3, 0.4) is 0 Å². The second kappa shape index (κ2) is 4.97. The van der Waals surface area contributed by atoms with Gasteiger partial charge in [0.15, 0.2) is 0 Å². The lowest BCUT2D eigenvalue weighted by molar-refractivity contribution is 0.644. The fourth-order valence-corrected chi connectivity index (χ4v) is 3.04. The first kappa shape index (κ1) is 10.9. The molecule has 3 nitrogen and oxygen atoms in total. The van der Waals surface area contributed by atoms with E-state index in [1.807, 2.05) is 12.3 Å².